The Morgan fingerprint density at radius 3 is 1.50 bits per heavy atom. The smallest absolute Gasteiger partial charge is 0.0789 e. The van der Waals surface area contributed by atoms with Gasteiger partial charge in [-0.15, -0.1) is 0 Å². The standard InChI is InChI=1S/C32H18N2/c1-2-9-21(10-3-1)33-26-17-15-19-7-4-11-22-24-13-6-14-25-23-12-5-8-20-16-18-27(33)32(29(20)23)34(30(24)25)31(26)28(19)22/h1-18H. The quantitative estimate of drug-likeness (QED) is 0.182. The molecule has 0 aliphatic rings. The van der Waals surface area contributed by atoms with Crippen molar-refractivity contribution in [2.24, 2.45) is 0 Å². The van der Waals surface area contributed by atoms with E-state index < -0.39 is 0 Å². The molecule has 0 fully saturated rings. The first kappa shape index (κ1) is 17.0. The van der Waals surface area contributed by atoms with Crippen LogP contribution in [0.3, 0.4) is 0 Å². The molecule has 2 heteroatoms. The largest absolute Gasteiger partial charge is 0.306 e. The number of nitrogens with zero attached hydrogens (tertiary/aromatic N) is 2. The van der Waals surface area contributed by atoms with E-state index in [2.05, 4.69) is 118 Å². The van der Waals surface area contributed by atoms with Crippen molar-refractivity contribution in [3.63, 3.8) is 0 Å². The fraction of sp³-hybridized carbons (Fsp3) is 0. The molecule has 0 atom stereocenters. The number of fused-ring (bicyclic) bond motifs is 2. The number of aromatic nitrogens is 2. The fourth-order valence-electron chi connectivity index (χ4n) is 6.50. The number of rotatable bonds is 1. The van der Waals surface area contributed by atoms with Gasteiger partial charge < -0.3 is 8.97 Å². The van der Waals surface area contributed by atoms with Crippen LogP contribution in [0.2, 0.25) is 0 Å². The van der Waals surface area contributed by atoms with Gasteiger partial charge in [0.1, 0.15) is 0 Å². The van der Waals surface area contributed by atoms with Crippen LogP contribution < -0.4 is 0 Å². The van der Waals surface area contributed by atoms with E-state index in [1.54, 1.807) is 0 Å². The number of pyridine rings is 2. The maximum atomic E-state index is 2.57. The lowest BCUT2D eigenvalue weighted by Crippen LogP contribution is -2.09. The van der Waals surface area contributed by atoms with Gasteiger partial charge in [0.25, 0.3) is 0 Å². The molecule has 9 rings (SSSR count). The zero-order valence-electron chi connectivity index (χ0n) is 18.3. The van der Waals surface area contributed by atoms with E-state index in [-0.39, 0.29) is 0 Å². The first-order valence-corrected chi connectivity index (χ1v) is 11.8. The molecule has 0 amide bonds. The molecule has 6 aromatic carbocycles. The van der Waals surface area contributed by atoms with E-state index in [1.807, 2.05) is 0 Å². The van der Waals surface area contributed by atoms with Gasteiger partial charge in [-0.25, -0.2) is 0 Å². The van der Waals surface area contributed by atoms with Crippen LogP contribution in [-0.4, -0.2) is 8.97 Å². The first-order valence-electron chi connectivity index (χ1n) is 11.8. The number of hydrogen-bond acceptors (Lipinski definition) is 0. The van der Waals surface area contributed by atoms with Crippen LogP contribution in [0.4, 0.5) is 0 Å². The minimum Gasteiger partial charge on any atom is -0.306 e. The zero-order chi connectivity index (χ0) is 22.0. The third-order valence-corrected chi connectivity index (χ3v) is 7.78. The summed E-state index contributed by atoms with van der Waals surface area (Å²) in [6.45, 7) is 0. The number of para-hydroxylation sites is 2. The maximum Gasteiger partial charge on any atom is 0.0789 e. The molecule has 0 spiro atoms. The Morgan fingerprint density at radius 2 is 0.912 bits per heavy atom. The van der Waals surface area contributed by atoms with Gasteiger partial charge >= 0.3 is 0 Å². The minimum absolute atomic E-state index is 1.19. The number of benzene rings is 6. The summed E-state index contributed by atoms with van der Waals surface area (Å²) in [7, 11) is 0. The predicted octanol–water partition coefficient (Wildman–Crippen LogP) is 8.52. The second-order valence-corrected chi connectivity index (χ2v) is 9.38. The molecule has 0 aliphatic heterocycles. The normalized spacial score (nSPS) is 12.7. The Hall–Kier alpha value is -4.56. The molecule has 0 aliphatic carbocycles. The highest BCUT2D eigenvalue weighted by atomic mass is 15.0. The van der Waals surface area contributed by atoms with Crippen molar-refractivity contribution in [3.05, 3.63) is 109 Å². The molecular formula is C32H18N2. The van der Waals surface area contributed by atoms with Crippen LogP contribution >= 0.6 is 0 Å². The zero-order valence-corrected chi connectivity index (χ0v) is 18.3. The summed E-state index contributed by atoms with van der Waals surface area (Å²) < 4.78 is 5.02. The maximum absolute atomic E-state index is 2.57. The summed E-state index contributed by atoms with van der Waals surface area (Å²) in [6.07, 6.45) is 0. The summed E-state index contributed by atoms with van der Waals surface area (Å²) in [5.41, 5.74) is 7.57. The Balaban J connectivity index is 1.78. The Kier molecular flexibility index (Phi) is 2.83. The van der Waals surface area contributed by atoms with Crippen molar-refractivity contribution in [1.29, 1.82) is 0 Å². The van der Waals surface area contributed by atoms with E-state index >= 15 is 0 Å². The first-order chi connectivity index (χ1) is 16.9. The van der Waals surface area contributed by atoms with Crippen molar-refractivity contribution in [2.75, 3.05) is 0 Å². The molecule has 0 saturated carbocycles. The highest BCUT2D eigenvalue weighted by molar-refractivity contribution is 6.32. The van der Waals surface area contributed by atoms with Gasteiger partial charge in [0, 0.05) is 27.2 Å². The Labute approximate surface area is 194 Å². The van der Waals surface area contributed by atoms with Gasteiger partial charge in [-0.2, -0.15) is 0 Å². The van der Waals surface area contributed by atoms with Crippen LogP contribution in [0.15, 0.2) is 109 Å². The molecule has 0 bridgehead atoms. The monoisotopic (exact) mass is 430 g/mol. The highest BCUT2D eigenvalue weighted by Crippen LogP contribution is 2.45. The summed E-state index contributed by atoms with van der Waals surface area (Å²) in [4.78, 5) is 0. The van der Waals surface area contributed by atoms with Crippen molar-refractivity contribution < 1.29 is 0 Å². The van der Waals surface area contributed by atoms with Crippen LogP contribution in [0, 0.1) is 0 Å². The third kappa shape index (κ3) is 1.79. The van der Waals surface area contributed by atoms with E-state index in [1.165, 1.54) is 76.4 Å². The Morgan fingerprint density at radius 1 is 0.382 bits per heavy atom. The van der Waals surface area contributed by atoms with E-state index in [4.69, 9.17) is 0 Å². The van der Waals surface area contributed by atoms with Crippen molar-refractivity contribution >= 4 is 70.7 Å². The number of hydrogen-bond donors (Lipinski definition) is 0. The lowest BCUT2D eigenvalue weighted by Gasteiger charge is -2.26. The van der Waals surface area contributed by atoms with Crippen LogP contribution in [0.1, 0.15) is 0 Å². The van der Waals surface area contributed by atoms with Crippen molar-refractivity contribution in [1.82, 2.24) is 8.97 Å². The lowest BCUT2D eigenvalue weighted by atomic mass is 9.92. The van der Waals surface area contributed by atoms with Crippen LogP contribution in [-0.2, 0) is 0 Å². The minimum atomic E-state index is 1.19. The van der Waals surface area contributed by atoms with E-state index in [9.17, 15) is 0 Å². The second-order valence-electron chi connectivity index (χ2n) is 9.38. The molecule has 3 aromatic heterocycles. The summed E-state index contributed by atoms with van der Waals surface area (Å²) in [5.74, 6) is 0. The van der Waals surface area contributed by atoms with Crippen molar-refractivity contribution in [2.45, 2.75) is 0 Å². The molecule has 34 heavy (non-hydrogen) atoms. The average Bonchev–Trinajstić information content (AvgIpc) is 2.91. The second kappa shape index (κ2) is 5.67. The molecular weight excluding hydrogens is 412 g/mol. The molecule has 2 nitrogen and oxygen atoms in total. The van der Waals surface area contributed by atoms with Gasteiger partial charge in [0.15, 0.2) is 0 Å². The molecule has 9 aromatic rings. The summed E-state index contributed by atoms with van der Waals surface area (Å²) in [6, 6.07) is 40.2. The molecule has 156 valence electrons. The fourth-order valence-corrected chi connectivity index (χ4v) is 6.50. The molecule has 0 saturated heterocycles. The molecule has 0 radical (unpaired) electrons. The lowest BCUT2D eigenvalue weighted by molar-refractivity contribution is 1.14. The molecule has 0 N–H and O–H groups in total. The van der Waals surface area contributed by atoms with E-state index in [0.717, 1.165) is 0 Å². The topological polar surface area (TPSA) is 9.34 Å². The van der Waals surface area contributed by atoms with Gasteiger partial charge in [-0.05, 0) is 45.8 Å². The summed E-state index contributed by atoms with van der Waals surface area (Å²) in [5, 5.41) is 10.5. The van der Waals surface area contributed by atoms with Crippen LogP contribution in [0.25, 0.3) is 76.4 Å². The third-order valence-electron chi connectivity index (χ3n) is 7.78. The predicted molar refractivity (Wildman–Crippen MR) is 144 cm³/mol. The highest BCUT2D eigenvalue weighted by Gasteiger charge is 2.23. The SMILES string of the molecule is c1ccc(-n2c3ccc4cccc5c6cccc7c8cccc9ccc2c(c98)n(c67)c3c45)cc1. The van der Waals surface area contributed by atoms with Gasteiger partial charge in [-0.3, -0.25) is 0 Å². The Bertz CT molecular complexity index is 2080. The molecule has 0 unspecified atom stereocenters. The van der Waals surface area contributed by atoms with Crippen LogP contribution in [0.5, 0.6) is 0 Å². The van der Waals surface area contributed by atoms with Gasteiger partial charge in [-0.1, -0.05) is 84.9 Å². The van der Waals surface area contributed by atoms with Gasteiger partial charge in [0.05, 0.1) is 27.6 Å². The average molecular weight is 431 g/mol. The summed E-state index contributed by atoms with van der Waals surface area (Å²) >= 11 is 0. The van der Waals surface area contributed by atoms with E-state index in [0.29, 0.717) is 0 Å². The molecule has 3 heterocycles. The van der Waals surface area contributed by atoms with Crippen molar-refractivity contribution in [3.8, 4) is 5.69 Å². The van der Waals surface area contributed by atoms with Gasteiger partial charge in [0.2, 0.25) is 0 Å².